The van der Waals surface area contributed by atoms with Crippen molar-refractivity contribution >= 4 is 24.0 Å². The molecular formula is C17H23ClN4O2. The second kappa shape index (κ2) is 7.77. The van der Waals surface area contributed by atoms with Crippen molar-refractivity contribution in [2.75, 3.05) is 18.5 Å². The highest BCUT2D eigenvalue weighted by molar-refractivity contribution is 5.96. The zero-order valence-electron chi connectivity index (χ0n) is 14.2. The molecule has 6 nitrogen and oxygen atoms in total. The van der Waals surface area contributed by atoms with Crippen LogP contribution in [0.4, 0.5) is 5.69 Å². The van der Waals surface area contributed by atoms with Crippen molar-refractivity contribution in [3.8, 4) is 0 Å². The first-order valence-corrected chi connectivity index (χ1v) is 7.93. The topological polar surface area (TPSA) is 71.3 Å². The van der Waals surface area contributed by atoms with Crippen LogP contribution in [0, 0.1) is 6.92 Å². The molecule has 130 valence electrons. The normalized spacial score (nSPS) is 18.5. The summed E-state index contributed by atoms with van der Waals surface area (Å²) in [6.45, 7) is 4.68. The monoisotopic (exact) mass is 350 g/mol. The minimum absolute atomic E-state index is 0. The summed E-state index contributed by atoms with van der Waals surface area (Å²) in [4.78, 5) is 18.6. The third kappa shape index (κ3) is 3.94. The number of nitrogens with one attached hydrogen (secondary N) is 1. The zero-order valence-corrected chi connectivity index (χ0v) is 15.0. The van der Waals surface area contributed by atoms with Crippen LogP contribution in [0.15, 0.2) is 28.8 Å². The number of likely N-dealkylation sites (N-methyl/N-ethyl adjacent to an activating group) is 1. The summed E-state index contributed by atoms with van der Waals surface area (Å²) in [6.07, 6.45) is 1.12. The number of hydrogen-bond donors (Lipinski definition) is 1. The summed E-state index contributed by atoms with van der Waals surface area (Å²) < 4.78 is 5.38. The molecule has 1 N–H and O–H groups in total. The summed E-state index contributed by atoms with van der Waals surface area (Å²) in [5, 5.41) is 7.18. The first-order chi connectivity index (χ1) is 11.1. The molecule has 7 heteroatoms. The van der Waals surface area contributed by atoms with Gasteiger partial charge in [0, 0.05) is 31.1 Å². The molecule has 1 aromatic carbocycles. The number of aromatic nitrogens is 2. The molecule has 3 rings (SSSR count). The van der Waals surface area contributed by atoms with Gasteiger partial charge < -0.3 is 14.7 Å². The molecule has 1 aliphatic heterocycles. The molecule has 1 saturated heterocycles. The standard InChI is InChI=1S/C17H22N4O2.ClH/c1-11-4-6-14(7-5-11)21-10-13(9-16(21)22)17-19-15(20-23-17)8-12(2)18-3;/h4-7,12-13,18H,8-10H2,1-3H3;1H. The predicted octanol–water partition coefficient (Wildman–Crippen LogP) is 2.47. The second-order valence-corrected chi connectivity index (χ2v) is 6.18. The Bertz CT molecular complexity index is 686. The number of anilines is 1. The minimum Gasteiger partial charge on any atom is -0.339 e. The number of amides is 1. The second-order valence-electron chi connectivity index (χ2n) is 6.18. The highest BCUT2D eigenvalue weighted by Crippen LogP contribution is 2.31. The van der Waals surface area contributed by atoms with Crippen LogP contribution < -0.4 is 10.2 Å². The molecule has 1 fully saturated rings. The SMILES string of the molecule is CNC(C)Cc1noc(C2CC(=O)N(c3ccc(C)cc3)C2)n1.Cl. The molecule has 24 heavy (non-hydrogen) atoms. The molecule has 2 aromatic rings. The van der Waals surface area contributed by atoms with Crippen molar-refractivity contribution < 1.29 is 9.32 Å². The zero-order chi connectivity index (χ0) is 16.4. The van der Waals surface area contributed by atoms with E-state index in [4.69, 9.17) is 4.52 Å². The van der Waals surface area contributed by atoms with E-state index in [1.807, 2.05) is 38.2 Å². The Balaban J connectivity index is 0.00000208. The third-order valence-corrected chi connectivity index (χ3v) is 4.29. The lowest BCUT2D eigenvalue weighted by Crippen LogP contribution is -2.24. The molecule has 2 heterocycles. The molecule has 0 spiro atoms. The van der Waals surface area contributed by atoms with Gasteiger partial charge in [0.2, 0.25) is 11.8 Å². The van der Waals surface area contributed by atoms with E-state index in [0.717, 1.165) is 5.69 Å². The lowest BCUT2D eigenvalue weighted by atomic mass is 10.1. The Labute approximate surface area is 148 Å². The van der Waals surface area contributed by atoms with Crippen LogP contribution >= 0.6 is 12.4 Å². The first-order valence-electron chi connectivity index (χ1n) is 7.93. The molecule has 0 radical (unpaired) electrons. The fourth-order valence-electron chi connectivity index (χ4n) is 2.74. The van der Waals surface area contributed by atoms with Gasteiger partial charge in [-0.2, -0.15) is 4.98 Å². The van der Waals surface area contributed by atoms with Gasteiger partial charge in [-0.05, 0) is 33.0 Å². The van der Waals surface area contributed by atoms with E-state index in [9.17, 15) is 4.79 Å². The van der Waals surface area contributed by atoms with E-state index in [2.05, 4.69) is 22.4 Å². The molecule has 0 aliphatic carbocycles. The quantitative estimate of drug-likeness (QED) is 0.897. The number of aryl methyl sites for hydroxylation is 1. The van der Waals surface area contributed by atoms with Gasteiger partial charge in [0.1, 0.15) is 0 Å². The van der Waals surface area contributed by atoms with Gasteiger partial charge in [0.15, 0.2) is 5.82 Å². The Morgan fingerprint density at radius 1 is 1.38 bits per heavy atom. The van der Waals surface area contributed by atoms with Gasteiger partial charge in [-0.3, -0.25) is 4.79 Å². The number of carbonyl (C=O) groups is 1. The van der Waals surface area contributed by atoms with E-state index in [1.54, 1.807) is 4.90 Å². The van der Waals surface area contributed by atoms with Crippen LogP contribution in [0.25, 0.3) is 0 Å². The number of nitrogens with zero attached hydrogens (tertiary/aromatic N) is 3. The number of carbonyl (C=O) groups excluding carboxylic acids is 1. The van der Waals surface area contributed by atoms with Gasteiger partial charge in [-0.1, -0.05) is 22.9 Å². The van der Waals surface area contributed by atoms with E-state index in [-0.39, 0.29) is 30.3 Å². The number of hydrogen-bond acceptors (Lipinski definition) is 5. The fraction of sp³-hybridized carbons (Fsp3) is 0.471. The van der Waals surface area contributed by atoms with E-state index < -0.39 is 0 Å². The summed E-state index contributed by atoms with van der Waals surface area (Å²) in [5.41, 5.74) is 2.10. The maximum Gasteiger partial charge on any atom is 0.232 e. The van der Waals surface area contributed by atoms with Crippen LogP contribution in [0.1, 0.15) is 36.5 Å². The van der Waals surface area contributed by atoms with Crippen molar-refractivity contribution in [2.45, 2.75) is 38.6 Å². The van der Waals surface area contributed by atoms with Crippen molar-refractivity contribution in [1.82, 2.24) is 15.5 Å². The maximum atomic E-state index is 12.3. The third-order valence-electron chi connectivity index (χ3n) is 4.29. The highest BCUT2D eigenvalue weighted by atomic mass is 35.5. The van der Waals surface area contributed by atoms with Gasteiger partial charge in [-0.15, -0.1) is 12.4 Å². The van der Waals surface area contributed by atoms with Crippen molar-refractivity contribution in [3.63, 3.8) is 0 Å². The van der Waals surface area contributed by atoms with E-state index in [0.29, 0.717) is 31.1 Å². The molecule has 1 aromatic heterocycles. The lowest BCUT2D eigenvalue weighted by Gasteiger charge is -2.16. The average Bonchev–Trinajstić information content (AvgIpc) is 3.15. The highest BCUT2D eigenvalue weighted by Gasteiger charge is 2.35. The Morgan fingerprint density at radius 2 is 2.08 bits per heavy atom. The average molecular weight is 351 g/mol. The minimum atomic E-state index is -0.0325. The van der Waals surface area contributed by atoms with Gasteiger partial charge in [-0.25, -0.2) is 0 Å². The first kappa shape index (κ1) is 18.4. The molecule has 1 aliphatic rings. The summed E-state index contributed by atoms with van der Waals surface area (Å²) in [6, 6.07) is 8.27. The lowest BCUT2D eigenvalue weighted by molar-refractivity contribution is -0.117. The van der Waals surface area contributed by atoms with Gasteiger partial charge >= 0.3 is 0 Å². The molecule has 2 unspecified atom stereocenters. The van der Waals surface area contributed by atoms with Crippen LogP contribution in [-0.4, -0.2) is 35.7 Å². The van der Waals surface area contributed by atoms with Crippen LogP contribution in [0.3, 0.4) is 0 Å². The molecule has 0 bridgehead atoms. The van der Waals surface area contributed by atoms with Crippen LogP contribution in [0.5, 0.6) is 0 Å². The Morgan fingerprint density at radius 3 is 2.75 bits per heavy atom. The van der Waals surface area contributed by atoms with Crippen molar-refractivity contribution in [3.05, 3.63) is 41.5 Å². The smallest absolute Gasteiger partial charge is 0.232 e. The van der Waals surface area contributed by atoms with E-state index >= 15 is 0 Å². The summed E-state index contributed by atoms with van der Waals surface area (Å²) in [7, 11) is 1.90. The molecular weight excluding hydrogens is 328 g/mol. The maximum absolute atomic E-state index is 12.3. The number of benzene rings is 1. The summed E-state index contributed by atoms with van der Waals surface area (Å²) >= 11 is 0. The Kier molecular flexibility index (Phi) is 5.96. The summed E-state index contributed by atoms with van der Waals surface area (Å²) in [5.74, 6) is 1.31. The molecule has 2 atom stereocenters. The largest absolute Gasteiger partial charge is 0.339 e. The van der Waals surface area contributed by atoms with E-state index in [1.165, 1.54) is 5.56 Å². The number of halogens is 1. The van der Waals surface area contributed by atoms with Crippen molar-refractivity contribution in [2.24, 2.45) is 0 Å². The van der Waals surface area contributed by atoms with Crippen molar-refractivity contribution in [1.29, 1.82) is 0 Å². The Hall–Kier alpha value is -1.92. The predicted molar refractivity (Wildman–Crippen MR) is 94.7 cm³/mol. The van der Waals surface area contributed by atoms with Gasteiger partial charge in [0.05, 0.1) is 5.92 Å². The molecule has 0 saturated carbocycles. The number of rotatable bonds is 5. The van der Waals surface area contributed by atoms with Gasteiger partial charge in [0.25, 0.3) is 0 Å². The molecule has 1 amide bonds. The fourth-order valence-corrected chi connectivity index (χ4v) is 2.74. The van der Waals surface area contributed by atoms with Crippen LogP contribution in [-0.2, 0) is 11.2 Å². The van der Waals surface area contributed by atoms with Crippen LogP contribution in [0.2, 0.25) is 0 Å².